The molecule has 210 valence electrons. The van der Waals surface area contributed by atoms with Crippen molar-refractivity contribution in [3.8, 4) is 0 Å². The zero-order chi connectivity index (χ0) is 28.6. The summed E-state index contributed by atoms with van der Waals surface area (Å²) in [5.41, 5.74) is -0.211. The highest BCUT2D eigenvalue weighted by Gasteiger charge is 2.85. The Labute approximate surface area is 241 Å². The first-order valence-corrected chi connectivity index (χ1v) is 15.4. The summed E-state index contributed by atoms with van der Waals surface area (Å²) in [6.07, 6.45) is 14.0. The minimum atomic E-state index is -0.701. The predicted molar refractivity (Wildman–Crippen MR) is 164 cm³/mol. The van der Waals surface area contributed by atoms with Crippen molar-refractivity contribution in [2.75, 3.05) is 0 Å². The lowest BCUT2D eigenvalue weighted by atomic mass is 9.45. The van der Waals surface area contributed by atoms with Crippen molar-refractivity contribution >= 4 is 23.7 Å². The van der Waals surface area contributed by atoms with Gasteiger partial charge < -0.3 is 0 Å². The van der Waals surface area contributed by atoms with Crippen molar-refractivity contribution in [1.29, 1.82) is 0 Å². The molecule has 6 unspecified atom stereocenters. The Balaban J connectivity index is 1.56. The lowest BCUT2D eigenvalue weighted by molar-refractivity contribution is -0.163. The van der Waals surface area contributed by atoms with E-state index in [9.17, 15) is 0 Å². The van der Waals surface area contributed by atoms with Gasteiger partial charge in [0.1, 0.15) is 11.6 Å². The van der Waals surface area contributed by atoms with Crippen molar-refractivity contribution in [2.24, 2.45) is 44.3 Å². The summed E-state index contributed by atoms with van der Waals surface area (Å²) in [6, 6.07) is 20.7. The van der Waals surface area contributed by atoms with Crippen LogP contribution in [0.1, 0.15) is 91.2 Å². The smallest absolute Gasteiger partial charge is 0.147 e. The number of carbonyl (C=O) groups excluding carboxylic acids is 2. The molecule has 4 fully saturated rings. The van der Waals surface area contributed by atoms with E-state index in [0.717, 1.165) is 36.8 Å². The molecule has 6 rings (SSSR count). The number of hydrogen-bond acceptors (Lipinski definition) is 2. The summed E-state index contributed by atoms with van der Waals surface area (Å²) < 4.78 is 0. The second kappa shape index (κ2) is 8.88. The highest BCUT2D eigenvalue weighted by molar-refractivity contribution is 6.05. The van der Waals surface area contributed by atoms with Gasteiger partial charge in [-0.3, -0.25) is 9.59 Å². The zero-order valence-corrected chi connectivity index (χ0v) is 25.3. The van der Waals surface area contributed by atoms with Crippen molar-refractivity contribution in [2.45, 2.75) is 80.1 Å². The summed E-state index contributed by atoms with van der Waals surface area (Å²) in [6.45, 7) is 13.7. The molecular formula is C38H46O2. The van der Waals surface area contributed by atoms with Gasteiger partial charge in [0.05, 0.1) is 0 Å². The fourth-order valence-corrected chi connectivity index (χ4v) is 10.6. The molecule has 2 aromatic carbocycles. The Bertz CT molecular complexity index is 1270. The topological polar surface area (TPSA) is 34.1 Å². The number of hydrogen-bond donors (Lipinski definition) is 0. The molecule has 0 aliphatic heterocycles. The van der Waals surface area contributed by atoms with Crippen molar-refractivity contribution in [1.82, 2.24) is 0 Å². The first kappa shape index (κ1) is 27.4. The molecule has 0 aromatic heterocycles. The predicted octanol–water partition coefficient (Wildman–Crippen LogP) is 9.22. The molecule has 0 spiro atoms. The number of allylic oxidation sites excluding steroid dienone is 2. The standard InChI is InChI=1S/C38H46O2/c1-33(2)29-21-25-35(33,5)31(39)37(29,23-13-19-27-15-9-7-10-16-27)38(24-14-20-28-17-11-8-12-18-28)30-22-26-36(6,32(38)40)34(30,3)4/h7-20,29-30H,21-26H2,1-6H3/b19-13-,20-14+. The van der Waals surface area contributed by atoms with Crippen LogP contribution in [0.25, 0.3) is 12.2 Å². The van der Waals surface area contributed by atoms with Crippen molar-refractivity contribution in [3.63, 3.8) is 0 Å². The van der Waals surface area contributed by atoms with E-state index in [4.69, 9.17) is 0 Å². The van der Waals surface area contributed by atoms with Gasteiger partial charge in [-0.25, -0.2) is 0 Å². The zero-order valence-electron chi connectivity index (χ0n) is 25.3. The van der Waals surface area contributed by atoms with Crippen LogP contribution in [-0.2, 0) is 9.59 Å². The number of ketones is 2. The molecule has 2 nitrogen and oxygen atoms in total. The van der Waals surface area contributed by atoms with Crippen LogP contribution in [0.5, 0.6) is 0 Å². The van der Waals surface area contributed by atoms with Gasteiger partial charge in [-0.1, -0.05) is 127 Å². The maximum Gasteiger partial charge on any atom is 0.147 e. The van der Waals surface area contributed by atoms with Crippen LogP contribution in [0.2, 0.25) is 0 Å². The molecule has 2 heteroatoms. The minimum absolute atomic E-state index is 0.145. The third kappa shape index (κ3) is 3.17. The quantitative estimate of drug-likeness (QED) is 0.355. The second-order valence-corrected chi connectivity index (χ2v) is 14.9. The van der Waals surface area contributed by atoms with E-state index in [1.54, 1.807) is 0 Å². The normalized spacial score (nSPS) is 39.2. The fraction of sp³-hybridized carbons (Fsp3) is 0.526. The number of rotatable bonds is 7. The number of Topliss-reactive ketones (excluding diaryl/α,β-unsaturated/α-hetero) is 2. The van der Waals surface area contributed by atoms with Crippen molar-refractivity contribution < 1.29 is 9.59 Å². The maximum absolute atomic E-state index is 15.2. The van der Waals surface area contributed by atoms with Gasteiger partial charge in [-0.05, 0) is 72.3 Å². The van der Waals surface area contributed by atoms with E-state index in [0.29, 0.717) is 24.4 Å². The Morgan fingerprint density at radius 1 is 0.600 bits per heavy atom. The Kier molecular flexibility index (Phi) is 6.09. The lowest BCUT2D eigenvalue weighted by Crippen LogP contribution is -2.59. The van der Waals surface area contributed by atoms with E-state index < -0.39 is 21.7 Å². The number of fused-ring (bicyclic) bond motifs is 4. The van der Waals surface area contributed by atoms with Crippen LogP contribution in [0.4, 0.5) is 0 Å². The van der Waals surface area contributed by atoms with Crippen LogP contribution in [0.3, 0.4) is 0 Å². The Hall–Kier alpha value is -2.74. The maximum atomic E-state index is 15.2. The van der Waals surface area contributed by atoms with Gasteiger partial charge in [0.2, 0.25) is 0 Å². The SMILES string of the molecule is CC12CCC(C1(C)C)C(C/C=C\c1ccccc1)(C1(C/C=C/c3ccccc3)C(=O)C3(C)CCC1C3(C)C)C2=O. The van der Waals surface area contributed by atoms with E-state index in [1.165, 1.54) is 0 Å². The van der Waals surface area contributed by atoms with Gasteiger partial charge in [-0.15, -0.1) is 0 Å². The lowest BCUT2D eigenvalue weighted by Gasteiger charge is -2.55. The van der Waals surface area contributed by atoms with Crippen molar-refractivity contribution in [3.05, 3.63) is 83.9 Å². The molecule has 4 aliphatic carbocycles. The summed E-state index contributed by atoms with van der Waals surface area (Å²) in [7, 11) is 0. The molecule has 4 aliphatic rings. The van der Waals surface area contributed by atoms with E-state index >= 15 is 9.59 Å². The molecule has 0 heterocycles. The molecule has 4 bridgehead atoms. The molecule has 0 N–H and O–H groups in total. The summed E-state index contributed by atoms with van der Waals surface area (Å²) in [4.78, 5) is 30.4. The molecule has 0 radical (unpaired) electrons. The molecule has 6 atom stereocenters. The summed E-state index contributed by atoms with van der Waals surface area (Å²) in [5.74, 6) is 1.11. The van der Waals surface area contributed by atoms with Crippen LogP contribution in [0.15, 0.2) is 72.8 Å². The van der Waals surface area contributed by atoms with Crippen LogP contribution in [0, 0.1) is 44.3 Å². The highest BCUT2D eigenvalue weighted by Crippen LogP contribution is 2.83. The second-order valence-electron chi connectivity index (χ2n) is 14.9. The van der Waals surface area contributed by atoms with Crippen LogP contribution < -0.4 is 0 Å². The molecule has 40 heavy (non-hydrogen) atoms. The Morgan fingerprint density at radius 2 is 0.950 bits per heavy atom. The first-order valence-electron chi connectivity index (χ1n) is 15.4. The highest BCUT2D eigenvalue weighted by atomic mass is 16.1. The van der Waals surface area contributed by atoms with E-state index in [1.807, 2.05) is 12.1 Å². The number of carbonyl (C=O) groups is 2. The molecule has 0 saturated heterocycles. The van der Waals surface area contributed by atoms with E-state index in [2.05, 4.69) is 114 Å². The third-order valence-electron chi connectivity index (χ3n) is 13.4. The third-order valence-corrected chi connectivity index (χ3v) is 13.4. The van der Waals surface area contributed by atoms with Gasteiger partial charge in [-0.2, -0.15) is 0 Å². The van der Waals surface area contributed by atoms with Crippen LogP contribution in [-0.4, -0.2) is 11.6 Å². The summed E-state index contributed by atoms with van der Waals surface area (Å²) in [5, 5.41) is 0. The molecule has 4 saturated carbocycles. The van der Waals surface area contributed by atoms with Gasteiger partial charge in [0.25, 0.3) is 0 Å². The first-order chi connectivity index (χ1) is 18.9. The molecule has 0 amide bonds. The fourth-order valence-electron chi connectivity index (χ4n) is 10.6. The van der Waals surface area contributed by atoms with Gasteiger partial charge >= 0.3 is 0 Å². The van der Waals surface area contributed by atoms with Crippen LogP contribution >= 0.6 is 0 Å². The Morgan fingerprint density at radius 3 is 1.25 bits per heavy atom. The van der Waals surface area contributed by atoms with Gasteiger partial charge in [0.15, 0.2) is 0 Å². The average Bonchev–Trinajstić information content (AvgIpc) is 3.42. The summed E-state index contributed by atoms with van der Waals surface area (Å²) >= 11 is 0. The average molecular weight is 535 g/mol. The molecular weight excluding hydrogens is 488 g/mol. The monoisotopic (exact) mass is 534 g/mol. The molecule has 2 aromatic rings. The van der Waals surface area contributed by atoms with Gasteiger partial charge in [0, 0.05) is 21.7 Å². The van der Waals surface area contributed by atoms with E-state index in [-0.39, 0.29) is 22.7 Å². The minimum Gasteiger partial charge on any atom is -0.298 e. The largest absolute Gasteiger partial charge is 0.298 e. The number of benzene rings is 2.